The Bertz CT molecular complexity index is 424. The van der Waals surface area contributed by atoms with Crippen molar-refractivity contribution in [2.45, 2.75) is 32.4 Å². The molecule has 0 aliphatic carbocycles. The highest BCUT2D eigenvalue weighted by atomic mass is 127. The molecule has 2 rings (SSSR count). The number of nitrogens with zero attached hydrogens (tertiary/aromatic N) is 1. The van der Waals surface area contributed by atoms with E-state index < -0.39 is 0 Å². The molecule has 18 heavy (non-hydrogen) atoms. The molecule has 1 aromatic carbocycles. The molecule has 2 nitrogen and oxygen atoms in total. The summed E-state index contributed by atoms with van der Waals surface area (Å²) < 4.78 is 2.46. The molecule has 0 bridgehead atoms. The summed E-state index contributed by atoms with van der Waals surface area (Å²) in [5.41, 5.74) is 1.33. The summed E-state index contributed by atoms with van der Waals surface area (Å²) in [5.74, 6) is 0.668. The quantitative estimate of drug-likeness (QED) is 0.727. The van der Waals surface area contributed by atoms with E-state index in [1.54, 1.807) is 0 Å². The van der Waals surface area contributed by atoms with Gasteiger partial charge >= 0.3 is 0 Å². The molecule has 0 saturated carbocycles. The number of hydrogen-bond acceptors (Lipinski definition) is 2. The average molecular weight is 423 g/mol. The third-order valence-corrected chi connectivity index (χ3v) is 6.51. The van der Waals surface area contributed by atoms with E-state index in [0.717, 1.165) is 6.54 Å². The second-order valence-corrected chi connectivity index (χ2v) is 7.09. The van der Waals surface area contributed by atoms with Gasteiger partial charge in [-0.05, 0) is 83.0 Å². The SMILES string of the molecule is CNC1CCN(c2ccc(I)c(Br)c2)C(C)C1C. The number of hydrogen-bond donors (Lipinski definition) is 1. The highest BCUT2D eigenvalue weighted by Gasteiger charge is 2.31. The monoisotopic (exact) mass is 422 g/mol. The molecule has 3 atom stereocenters. The lowest BCUT2D eigenvalue weighted by molar-refractivity contribution is 0.282. The van der Waals surface area contributed by atoms with Crippen LogP contribution in [0, 0.1) is 9.49 Å². The second-order valence-electron chi connectivity index (χ2n) is 5.08. The maximum Gasteiger partial charge on any atom is 0.0380 e. The molecule has 3 unspecified atom stereocenters. The summed E-state index contributed by atoms with van der Waals surface area (Å²) in [7, 11) is 2.07. The van der Waals surface area contributed by atoms with Crippen molar-refractivity contribution >= 4 is 44.2 Å². The topological polar surface area (TPSA) is 15.3 Å². The van der Waals surface area contributed by atoms with Crippen LogP contribution in [-0.4, -0.2) is 25.7 Å². The fourth-order valence-corrected chi connectivity index (χ4v) is 3.50. The Labute approximate surface area is 132 Å². The summed E-state index contributed by atoms with van der Waals surface area (Å²) >= 11 is 5.98. The van der Waals surface area contributed by atoms with Gasteiger partial charge in [0.2, 0.25) is 0 Å². The molecule has 1 fully saturated rings. The Balaban J connectivity index is 2.21. The summed E-state index contributed by atoms with van der Waals surface area (Å²) in [5, 5.41) is 3.44. The van der Waals surface area contributed by atoms with Gasteiger partial charge in [-0.25, -0.2) is 0 Å². The van der Waals surface area contributed by atoms with Crippen LogP contribution in [0.2, 0.25) is 0 Å². The summed E-state index contributed by atoms with van der Waals surface area (Å²) in [6.07, 6.45) is 1.21. The van der Waals surface area contributed by atoms with Crippen LogP contribution in [0.4, 0.5) is 5.69 Å². The zero-order chi connectivity index (χ0) is 13.3. The Hall–Kier alpha value is 0.190. The van der Waals surface area contributed by atoms with Crippen molar-refractivity contribution in [2.24, 2.45) is 5.92 Å². The van der Waals surface area contributed by atoms with Gasteiger partial charge in [-0.15, -0.1) is 0 Å². The normalized spacial score (nSPS) is 28.5. The lowest BCUT2D eigenvalue weighted by Gasteiger charge is -2.44. The third-order valence-electron chi connectivity index (χ3n) is 4.17. The van der Waals surface area contributed by atoms with Crippen molar-refractivity contribution in [2.75, 3.05) is 18.5 Å². The third kappa shape index (κ3) is 2.85. The molecule has 1 saturated heterocycles. The number of rotatable bonds is 2. The van der Waals surface area contributed by atoms with E-state index in [0.29, 0.717) is 18.0 Å². The van der Waals surface area contributed by atoms with Crippen LogP contribution in [0.3, 0.4) is 0 Å². The largest absolute Gasteiger partial charge is 0.368 e. The predicted octanol–water partition coefficient (Wildman–Crippen LogP) is 3.88. The average Bonchev–Trinajstić information content (AvgIpc) is 2.36. The molecule has 0 radical (unpaired) electrons. The van der Waals surface area contributed by atoms with Crippen LogP contribution >= 0.6 is 38.5 Å². The molecule has 100 valence electrons. The molecule has 1 aliphatic rings. The van der Waals surface area contributed by atoms with Crippen molar-refractivity contribution in [1.29, 1.82) is 0 Å². The second kappa shape index (κ2) is 6.09. The summed E-state index contributed by atoms with van der Waals surface area (Å²) in [6.45, 7) is 5.81. The van der Waals surface area contributed by atoms with Crippen molar-refractivity contribution in [3.63, 3.8) is 0 Å². The maximum atomic E-state index is 3.63. The van der Waals surface area contributed by atoms with Crippen molar-refractivity contribution in [1.82, 2.24) is 5.32 Å². The molecule has 1 N–H and O–H groups in total. The van der Waals surface area contributed by atoms with Gasteiger partial charge in [0.25, 0.3) is 0 Å². The Kier molecular flexibility index (Phi) is 4.94. The minimum atomic E-state index is 0.572. The van der Waals surface area contributed by atoms with Gasteiger partial charge in [0.05, 0.1) is 0 Å². The van der Waals surface area contributed by atoms with Crippen LogP contribution in [0.25, 0.3) is 0 Å². The molecule has 4 heteroatoms. The van der Waals surface area contributed by atoms with Crippen molar-refractivity contribution < 1.29 is 0 Å². The highest BCUT2D eigenvalue weighted by molar-refractivity contribution is 14.1. The van der Waals surface area contributed by atoms with Gasteiger partial charge in [-0.1, -0.05) is 6.92 Å². The Morgan fingerprint density at radius 3 is 2.72 bits per heavy atom. The van der Waals surface area contributed by atoms with E-state index in [4.69, 9.17) is 0 Å². The fraction of sp³-hybridized carbons (Fsp3) is 0.571. The van der Waals surface area contributed by atoms with Gasteiger partial charge in [0, 0.05) is 32.4 Å². The first kappa shape index (κ1) is 14.6. The first-order valence-corrected chi connectivity index (χ1v) is 8.30. The van der Waals surface area contributed by atoms with E-state index in [-0.39, 0.29) is 0 Å². The Morgan fingerprint density at radius 2 is 2.11 bits per heavy atom. The van der Waals surface area contributed by atoms with Gasteiger partial charge in [0.15, 0.2) is 0 Å². The minimum absolute atomic E-state index is 0.572. The smallest absolute Gasteiger partial charge is 0.0380 e. The molecule has 0 aromatic heterocycles. The van der Waals surface area contributed by atoms with Crippen LogP contribution in [0.1, 0.15) is 20.3 Å². The van der Waals surface area contributed by atoms with E-state index in [2.05, 4.69) is 87.8 Å². The number of anilines is 1. The summed E-state index contributed by atoms with van der Waals surface area (Å²) in [4.78, 5) is 2.53. The van der Waals surface area contributed by atoms with E-state index in [1.165, 1.54) is 20.2 Å². The van der Waals surface area contributed by atoms with Crippen LogP contribution in [0.15, 0.2) is 22.7 Å². The predicted molar refractivity (Wildman–Crippen MR) is 90.3 cm³/mol. The number of piperidine rings is 1. The lowest BCUT2D eigenvalue weighted by atomic mass is 9.87. The minimum Gasteiger partial charge on any atom is -0.368 e. The molecule has 1 heterocycles. The standard InChI is InChI=1S/C14H20BrIN2/c1-9-10(2)18(7-6-14(9)17-3)11-4-5-13(16)12(15)8-11/h4-5,8-10,14,17H,6-7H2,1-3H3. The molecule has 0 amide bonds. The zero-order valence-electron chi connectivity index (χ0n) is 11.1. The molecule has 1 aliphatic heterocycles. The van der Waals surface area contributed by atoms with Crippen LogP contribution in [0.5, 0.6) is 0 Å². The molecule has 1 aromatic rings. The zero-order valence-corrected chi connectivity index (χ0v) is 14.8. The Morgan fingerprint density at radius 1 is 1.39 bits per heavy atom. The van der Waals surface area contributed by atoms with Gasteiger partial charge < -0.3 is 10.2 Å². The van der Waals surface area contributed by atoms with Crippen molar-refractivity contribution in [3.8, 4) is 0 Å². The van der Waals surface area contributed by atoms with E-state index in [1.807, 2.05) is 0 Å². The first-order valence-electron chi connectivity index (χ1n) is 6.43. The maximum absolute atomic E-state index is 3.63. The number of nitrogens with one attached hydrogen (secondary N) is 1. The van der Waals surface area contributed by atoms with Crippen LogP contribution in [-0.2, 0) is 0 Å². The summed E-state index contributed by atoms with van der Waals surface area (Å²) in [6, 6.07) is 7.87. The first-order chi connectivity index (χ1) is 8.54. The van der Waals surface area contributed by atoms with Gasteiger partial charge in [-0.3, -0.25) is 0 Å². The number of halogens is 2. The molecular formula is C14H20BrIN2. The number of benzene rings is 1. The van der Waals surface area contributed by atoms with E-state index >= 15 is 0 Å². The van der Waals surface area contributed by atoms with Gasteiger partial charge in [-0.2, -0.15) is 0 Å². The van der Waals surface area contributed by atoms with Crippen LogP contribution < -0.4 is 10.2 Å². The fourth-order valence-electron chi connectivity index (χ4n) is 2.80. The lowest BCUT2D eigenvalue weighted by Crippen LogP contribution is -2.52. The molecular weight excluding hydrogens is 403 g/mol. The van der Waals surface area contributed by atoms with E-state index in [9.17, 15) is 0 Å². The molecule has 0 spiro atoms. The van der Waals surface area contributed by atoms with Crippen molar-refractivity contribution in [3.05, 3.63) is 26.2 Å². The highest BCUT2D eigenvalue weighted by Crippen LogP contribution is 2.31. The van der Waals surface area contributed by atoms with Gasteiger partial charge in [0.1, 0.15) is 0 Å².